The molecule has 0 bridgehead atoms. The van der Waals surface area contributed by atoms with E-state index in [-0.39, 0.29) is 5.92 Å². The number of benzene rings is 2. The monoisotopic (exact) mass is 443 g/mol. The van der Waals surface area contributed by atoms with Crippen molar-refractivity contribution in [2.24, 2.45) is 11.7 Å². The zero-order valence-corrected chi connectivity index (χ0v) is 18.0. The van der Waals surface area contributed by atoms with E-state index in [1.165, 1.54) is 23.1 Å². The summed E-state index contributed by atoms with van der Waals surface area (Å²) in [4.78, 5) is 23.1. The molecule has 1 atom stereocenters. The van der Waals surface area contributed by atoms with Crippen molar-refractivity contribution in [3.8, 4) is 11.5 Å². The first-order valence-corrected chi connectivity index (χ1v) is 10.8. The Labute approximate surface area is 182 Å². The van der Waals surface area contributed by atoms with Gasteiger partial charge in [-0.15, -0.1) is 10.2 Å². The number of amides is 3. The number of rotatable bonds is 8. The molecule has 3 rings (SSSR count). The van der Waals surface area contributed by atoms with Gasteiger partial charge in [-0.3, -0.25) is 10.1 Å². The van der Waals surface area contributed by atoms with Crippen molar-refractivity contribution in [1.82, 2.24) is 15.5 Å². The summed E-state index contributed by atoms with van der Waals surface area (Å²) in [6.07, 6.45) is 0. The van der Waals surface area contributed by atoms with E-state index in [2.05, 4.69) is 20.8 Å². The predicted octanol–water partition coefficient (Wildman–Crippen LogP) is 4.39. The molecule has 10 heteroatoms. The molecule has 1 unspecified atom stereocenters. The van der Waals surface area contributed by atoms with Crippen LogP contribution < -0.4 is 21.1 Å². The Morgan fingerprint density at radius 1 is 1.03 bits per heavy atom. The normalized spacial score (nSPS) is 11.7. The fourth-order valence-corrected chi connectivity index (χ4v) is 4.44. The number of nitrogens with two attached hydrogens (primary N) is 1. The standard InChI is InChI=1S/C20H21N5O3S2/c1-12(2)16(17(26)23-18(21)27)29-20-25-24-19(30-20)22-13-8-10-15(11-9-13)28-14-6-4-3-5-7-14/h3-12,16H,1-2H3,(H,22,24)(H3,21,23,26,27). The van der Waals surface area contributed by atoms with Crippen LogP contribution in [0.25, 0.3) is 0 Å². The van der Waals surface area contributed by atoms with Crippen LogP contribution in [0.2, 0.25) is 0 Å². The molecule has 0 aliphatic carbocycles. The zero-order valence-electron chi connectivity index (χ0n) is 16.4. The first-order valence-electron chi connectivity index (χ1n) is 9.11. The maximum Gasteiger partial charge on any atom is 0.318 e. The van der Waals surface area contributed by atoms with Gasteiger partial charge in [0.2, 0.25) is 11.0 Å². The van der Waals surface area contributed by atoms with Crippen molar-refractivity contribution in [2.75, 3.05) is 5.32 Å². The van der Waals surface area contributed by atoms with E-state index < -0.39 is 17.2 Å². The number of carbonyl (C=O) groups is 2. The molecular weight excluding hydrogens is 422 g/mol. The lowest BCUT2D eigenvalue weighted by atomic mass is 10.1. The first kappa shape index (κ1) is 21.6. The molecule has 0 fully saturated rings. The number of ether oxygens (including phenoxy) is 1. The maximum absolute atomic E-state index is 12.2. The minimum absolute atomic E-state index is 0.0215. The topological polar surface area (TPSA) is 119 Å². The summed E-state index contributed by atoms with van der Waals surface area (Å²) in [6.45, 7) is 3.77. The van der Waals surface area contributed by atoms with Crippen molar-refractivity contribution in [3.63, 3.8) is 0 Å². The Bertz CT molecular complexity index is 993. The summed E-state index contributed by atoms with van der Waals surface area (Å²) in [5, 5.41) is 13.6. The maximum atomic E-state index is 12.2. The molecule has 0 spiro atoms. The third-order valence-electron chi connectivity index (χ3n) is 3.83. The van der Waals surface area contributed by atoms with Crippen molar-refractivity contribution in [1.29, 1.82) is 0 Å². The molecule has 3 aromatic rings. The van der Waals surface area contributed by atoms with Gasteiger partial charge in [-0.25, -0.2) is 4.79 Å². The molecular formula is C20H21N5O3S2. The Kier molecular flexibility index (Phi) is 7.26. The number of anilines is 2. The number of carbonyl (C=O) groups excluding carboxylic acids is 2. The molecule has 0 saturated carbocycles. The molecule has 1 heterocycles. The second-order valence-corrected chi connectivity index (χ2v) is 8.94. The Hall–Kier alpha value is -3.11. The Morgan fingerprint density at radius 3 is 2.33 bits per heavy atom. The summed E-state index contributed by atoms with van der Waals surface area (Å²) in [6, 6.07) is 16.1. The summed E-state index contributed by atoms with van der Waals surface area (Å²) < 4.78 is 6.39. The average molecular weight is 444 g/mol. The van der Waals surface area contributed by atoms with Crippen LogP contribution in [0, 0.1) is 5.92 Å². The number of nitrogens with one attached hydrogen (secondary N) is 2. The molecule has 1 aromatic heterocycles. The number of aromatic nitrogens is 2. The number of hydrogen-bond acceptors (Lipinski definition) is 8. The van der Waals surface area contributed by atoms with Crippen LogP contribution in [0.5, 0.6) is 11.5 Å². The van der Waals surface area contributed by atoms with Crippen molar-refractivity contribution in [3.05, 3.63) is 54.6 Å². The van der Waals surface area contributed by atoms with Crippen LogP contribution in [-0.4, -0.2) is 27.4 Å². The number of imide groups is 1. The molecule has 0 radical (unpaired) electrons. The molecule has 3 amide bonds. The zero-order chi connectivity index (χ0) is 21.5. The predicted molar refractivity (Wildman–Crippen MR) is 118 cm³/mol. The molecule has 4 N–H and O–H groups in total. The van der Waals surface area contributed by atoms with Gasteiger partial charge < -0.3 is 15.8 Å². The van der Waals surface area contributed by atoms with Crippen LogP contribution in [-0.2, 0) is 4.79 Å². The first-order chi connectivity index (χ1) is 14.4. The highest BCUT2D eigenvalue weighted by molar-refractivity contribution is 8.02. The summed E-state index contributed by atoms with van der Waals surface area (Å²) in [5.74, 6) is 1.03. The van der Waals surface area contributed by atoms with Gasteiger partial charge in [0.05, 0.1) is 5.25 Å². The minimum atomic E-state index is -0.870. The third-order valence-corrected chi connectivity index (χ3v) is 6.30. The van der Waals surface area contributed by atoms with Gasteiger partial charge in [-0.05, 0) is 42.3 Å². The summed E-state index contributed by atoms with van der Waals surface area (Å²) >= 11 is 2.57. The van der Waals surface area contributed by atoms with E-state index in [0.29, 0.717) is 9.47 Å². The molecule has 30 heavy (non-hydrogen) atoms. The lowest BCUT2D eigenvalue weighted by Gasteiger charge is -2.16. The van der Waals surface area contributed by atoms with E-state index in [4.69, 9.17) is 10.5 Å². The second kappa shape index (κ2) is 10.1. The largest absolute Gasteiger partial charge is 0.457 e. The lowest BCUT2D eigenvalue weighted by Crippen LogP contribution is -2.42. The van der Waals surface area contributed by atoms with Crippen LogP contribution in [0.15, 0.2) is 58.9 Å². The van der Waals surface area contributed by atoms with Gasteiger partial charge in [-0.2, -0.15) is 0 Å². The van der Waals surface area contributed by atoms with Crippen molar-refractivity contribution >= 4 is 45.9 Å². The second-order valence-electron chi connectivity index (χ2n) is 6.57. The van der Waals surface area contributed by atoms with Crippen LogP contribution >= 0.6 is 23.1 Å². The third kappa shape index (κ3) is 6.19. The quantitative estimate of drug-likeness (QED) is 0.442. The smallest absolute Gasteiger partial charge is 0.318 e. The minimum Gasteiger partial charge on any atom is -0.457 e. The van der Waals surface area contributed by atoms with E-state index in [9.17, 15) is 9.59 Å². The van der Waals surface area contributed by atoms with E-state index in [1.807, 2.05) is 68.4 Å². The van der Waals surface area contributed by atoms with E-state index in [1.54, 1.807) is 0 Å². The fraction of sp³-hybridized carbons (Fsp3) is 0.200. The van der Waals surface area contributed by atoms with Crippen molar-refractivity contribution < 1.29 is 14.3 Å². The van der Waals surface area contributed by atoms with Gasteiger partial charge in [0.1, 0.15) is 11.5 Å². The van der Waals surface area contributed by atoms with E-state index >= 15 is 0 Å². The Balaban J connectivity index is 1.60. The van der Waals surface area contributed by atoms with Crippen LogP contribution in [0.4, 0.5) is 15.6 Å². The van der Waals surface area contributed by atoms with Gasteiger partial charge in [0.15, 0.2) is 4.34 Å². The highest BCUT2D eigenvalue weighted by Gasteiger charge is 2.26. The Morgan fingerprint density at radius 2 is 1.70 bits per heavy atom. The highest BCUT2D eigenvalue weighted by atomic mass is 32.2. The fourth-order valence-electron chi connectivity index (χ4n) is 2.46. The van der Waals surface area contributed by atoms with Crippen LogP contribution in [0.3, 0.4) is 0 Å². The number of para-hydroxylation sites is 1. The number of nitrogens with zero attached hydrogens (tertiary/aromatic N) is 2. The highest BCUT2D eigenvalue weighted by Crippen LogP contribution is 2.33. The number of thioether (sulfide) groups is 1. The van der Waals surface area contributed by atoms with Crippen LogP contribution in [0.1, 0.15) is 13.8 Å². The lowest BCUT2D eigenvalue weighted by molar-refractivity contribution is -0.120. The molecule has 0 aliphatic heterocycles. The SMILES string of the molecule is CC(C)C(Sc1nnc(Nc2ccc(Oc3ccccc3)cc2)s1)C(=O)NC(N)=O. The number of primary amides is 1. The molecule has 8 nitrogen and oxygen atoms in total. The number of urea groups is 1. The molecule has 2 aromatic carbocycles. The van der Waals surface area contributed by atoms with Gasteiger partial charge in [0, 0.05) is 5.69 Å². The van der Waals surface area contributed by atoms with Gasteiger partial charge in [0.25, 0.3) is 0 Å². The van der Waals surface area contributed by atoms with E-state index in [0.717, 1.165) is 17.2 Å². The molecule has 0 saturated heterocycles. The molecule has 156 valence electrons. The summed E-state index contributed by atoms with van der Waals surface area (Å²) in [7, 11) is 0. The average Bonchev–Trinajstić information content (AvgIpc) is 3.14. The van der Waals surface area contributed by atoms with Gasteiger partial charge in [-0.1, -0.05) is 55.1 Å². The van der Waals surface area contributed by atoms with Gasteiger partial charge >= 0.3 is 6.03 Å². The number of hydrogen-bond donors (Lipinski definition) is 3. The molecule has 0 aliphatic rings. The van der Waals surface area contributed by atoms with Crippen molar-refractivity contribution in [2.45, 2.75) is 23.4 Å². The summed E-state index contributed by atoms with van der Waals surface area (Å²) in [5.41, 5.74) is 5.87.